The smallest absolute Gasteiger partial charge is 0.352 e. The average Bonchev–Trinajstić information content (AvgIpc) is 2.71. The van der Waals surface area contributed by atoms with Crippen molar-refractivity contribution < 1.29 is 9.90 Å². The van der Waals surface area contributed by atoms with Gasteiger partial charge in [0.1, 0.15) is 11.5 Å². The number of carbonyl (C=O) groups is 1. The van der Waals surface area contributed by atoms with Crippen LogP contribution in [0.1, 0.15) is 21.9 Å². The molecule has 0 fully saturated rings. The van der Waals surface area contributed by atoms with Crippen molar-refractivity contribution in [2.75, 3.05) is 0 Å². The van der Waals surface area contributed by atoms with Gasteiger partial charge in [-0.3, -0.25) is 4.68 Å². The van der Waals surface area contributed by atoms with Gasteiger partial charge in [-0.15, -0.1) is 5.10 Å². The first-order valence-electron chi connectivity index (χ1n) is 4.80. The van der Waals surface area contributed by atoms with Crippen LogP contribution in [0.2, 0.25) is 0 Å². The number of hydrogen-bond donors (Lipinski definition) is 2. The molecule has 2 heterocycles. The summed E-state index contributed by atoms with van der Waals surface area (Å²) in [6, 6.07) is 1.73. The van der Waals surface area contributed by atoms with E-state index in [-0.39, 0.29) is 5.69 Å². The minimum Gasteiger partial charge on any atom is -0.477 e. The molecule has 2 aromatic heterocycles. The lowest BCUT2D eigenvalue weighted by Crippen LogP contribution is -1.98. The van der Waals surface area contributed by atoms with Crippen molar-refractivity contribution in [3.05, 3.63) is 23.1 Å². The van der Waals surface area contributed by atoms with E-state index in [1.54, 1.807) is 24.7 Å². The maximum atomic E-state index is 10.9. The van der Waals surface area contributed by atoms with E-state index in [2.05, 4.69) is 15.1 Å². The van der Waals surface area contributed by atoms with E-state index in [1.807, 2.05) is 6.92 Å². The molecule has 6 nitrogen and oxygen atoms in total. The summed E-state index contributed by atoms with van der Waals surface area (Å²) < 4.78 is 1.64. The van der Waals surface area contributed by atoms with Crippen molar-refractivity contribution in [3.63, 3.8) is 0 Å². The highest BCUT2D eigenvalue weighted by Gasteiger charge is 2.14. The fourth-order valence-corrected chi connectivity index (χ4v) is 1.48. The Hall–Kier alpha value is -2.11. The zero-order valence-electron chi connectivity index (χ0n) is 9.27. The van der Waals surface area contributed by atoms with Crippen LogP contribution in [0.25, 0.3) is 11.5 Å². The predicted octanol–water partition coefficient (Wildman–Crippen LogP) is 1.13. The standard InChI is InChI=1S/C10H12N4O2/c1-5-4-7(12-8(5)10(15)16)9-11-6(2)14(3)13-9/h4,12H,1-3H3,(H,15,16). The Kier molecular flexibility index (Phi) is 2.26. The van der Waals surface area contributed by atoms with Gasteiger partial charge in [-0.1, -0.05) is 0 Å². The molecule has 0 bridgehead atoms. The van der Waals surface area contributed by atoms with Gasteiger partial charge in [0.05, 0.1) is 5.69 Å². The molecule has 0 radical (unpaired) electrons. The summed E-state index contributed by atoms with van der Waals surface area (Å²) in [4.78, 5) is 17.9. The average molecular weight is 220 g/mol. The van der Waals surface area contributed by atoms with Crippen LogP contribution >= 0.6 is 0 Å². The zero-order chi connectivity index (χ0) is 11.9. The second-order valence-corrected chi connectivity index (χ2v) is 3.65. The molecule has 0 spiro atoms. The van der Waals surface area contributed by atoms with Gasteiger partial charge in [0.25, 0.3) is 0 Å². The van der Waals surface area contributed by atoms with E-state index in [0.717, 1.165) is 5.82 Å². The summed E-state index contributed by atoms with van der Waals surface area (Å²) in [6.45, 7) is 3.57. The Morgan fingerprint density at radius 3 is 2.62 bits per heavy atom. The van der Waals surface area contributed by atoms with Gasteiger partial charge in [-0.2, -0.15) is 0 Å². The van der Waals surface area contributed by atoms with E-state index in [9.17, 15) is 4.79 Å². The first-order chi connectivity index (χ1) is 7.49. The van der Waals surface area contributed by atoms with Crippen LogP contribution in [0.3, 0.4) is 0 Å². The molecule has 0 unspecified atom stereocenters. The quantitative estimate of drug-likeness (QED) is 0.794. The SMILES string of the molecule is Cc1cc(-c2nc(C)n(C)n2)[nH]c1C(=O)O. The van der Waals surface area contributed by atoms with Gasteiger partial charge >= 0.3 is 5.97 Å². The summed E-state index contributed by atoms with van der Waals surface area (Å²) in [7, 11) is 1.79. The summed E-state index contributed by atoms with van der Waals surface area (Å²) in [5.41, 5.74) is 1.48. The van der Waals surface area contributed by atoms with Gasteiger partial charge in [0.15, 0.2) is 5.82 Å². The predicted molar refractivity (Wildman–Crippen MR) is 57.2 cm³/mol. The van der Waals surface area contributed by atoms with Crippen LogP contribution in [0.4, 0.5) is 0 Å². The number of rotatable bonds is 2. The van der Waals surface area contributed by atoms with Crippen LogP contribution in [-0.4, -0.2) is 30.8 Å². The number of aryl methyl sites for hydroxylation is 3. The Labute approximate surface area is 91.9 Å². The summed E-state index contributed by atoms with van der Waals surface area (Å²) in [6.07, 6.45) is 0. The second kappa shape index (κ2) is 3.48. The molecule has 0 aliphatic carbocycles. The molecular formula is C10H12N4O2. The van der Waals surface area contributed by atoms with Crippen molar-refractivity contribution in [1.82, 2.24) is 19.7 Å². The van der Waals surface area contributed by atoms with Crippen LogP contribution in [0.15, 0.2) is 6.07 Å². The first kappa shape index (κ1) is 10.4. The third-order valence-corrected chi connectivity index (χ3v) is 2.45. The highest BCUT2D eigenvalue weighted by molar-refractivity contribution is 5.88. The molecule has 84 valence electrons. The molecule has 0 amide bonds. The number of H-pyrrole nitrogens is 1. The second-order valence-electron chi connectivity index (χ2n) is 3.65. The Morgan fingerprint density at radius 2 is 2.19 bits per heavy atom. The number of aromatic amines is 1. The van der Waals surface area contributed by atoms with Crippen molar-refractivity contribution in [2.24, 2.45) is 7.05 Å². The largest absolute Gasteiger partial charge is 0.477 e. The normalized spacial score (nSPS) is 10.7. The molecule has 0 aliphatic rings. The number of hydrogen-bond acceptors (Lipinski definition) is 3. The zero-order valence-corrected chi connectivity index (χ0v) is 9.27. The lowest BCUT2D eigenvalue weighted by atomic mass is 10.2. The number of aromatic nitrogens is 4. The topological polar surface area (TPSA) is 83.8 Å². The van der Waals surface area contributed by atoms with E-state index >= 15 is 0 Å². The van der Waals surface area contributed by atoms with Gasteiger partial charge < -0.3 is 10.1 Å². The Morgan fingerprint density at radius 1 is 1.50 bits per heavy atom. The molecule has 0 saturated carbocycles. The molecule has 2 rings (SSSR count). The lowest BCUT2D eigenvalue weighted by Gasteiger charge is -1.89. The van der Waals surface area contributed by atoms with Gasteiger partial charge in [0.2, 0.25) is 0 Å². The van der Waals surface area contributed by atoms with E-state index < -0.39 is 5.97 Å². The van der Waals surface area contributed by atoms with Crippen LogP contribution in [0.5, 0.6) is 0 Å². The number of carboxylic acids is 1. The van der Waals surface area contributed by atoms with Gasteiger partial charge in [-0.25, -0.2) is 9.78 Å². The van der Waals surface area contributed by atoms with Crippen molar-refractivity contribution in [2.45, 2.75) is 13.8 Å². The molecule has 0 aliphatic heterocycles. The molecular weight excluding hydrogens is 208 g/mol. The van der Waals surface area contributed by atoms with Crippen molar-refractivity contribution in [3.8, 4) is 11.5 Å². The number of nitrogens with one attached hydrogen (secondary N) is 1. The summed E-state index contributed by atoms with van der Waals surface area (Å²) in [5, 5.41) is 13.1. The third kappa shape index (κ3) is 1.58. The van der Waals surface area contributed by atoms with Crippen molar-refractivity contribution >= 4 is 5.97 Å². The number of carboxylic acid groups (broad SMARTS) is 1. The first-order valence-corrected chi connectivity index (χ1v) is 4.80. The minimum absolute atomic E-state index is 0.181. The van der Waals surface area contributed by atoms with Crippen LogP contribution < -0.4 is 0 Å². The summed E-state index contributed by atoms with van der Waals surface area (Å²) in [5.74, 6) is 0.311. The Bertz CT molecular complexity index is 534. The summed E-state index contributed by atoms with van der Waals surface area (Å²) >= 11 is 0. The van der Waals surface area contributed by atoms with Gasteiger partial charge in [0, 0.05) is 7.05 Å². The van der Waals surface area contributed by atoms with Gasteiger partial charge in [-0.05, 0) is 25.5 Å². The molecule has 0 atom stereocenters. The Balaban J connectivity index is 2.49. The molecule has 16 heavy (non-hydrogen) atoms. The molecule has 2 aromatic rings. The van der Waals surface area contributed by atoms with E-state index in [1.165, 1.54) is 0 Å². The molecule has 2 N–H and O–H groups in total. The monoisotopic (exact) mass is 220 g/mol. The molecule has 0 aromatic carbocycles. The molecule has 0 saturated heterocycles. The van der Waals surface area contributed by atoms with Crippen LogP contribution in [-0.2, 0) is 7.05 Å². The fourth-order valence-electron chi connectivity index (χ4n) is 1.48. The number of aromatic carboxylic acids is 1. The maximum Gasteiger partial charge on any atom is 0.352 e. The minimum atomic E-state index is -0.976. The van der Waals surface area contributed by atoms with E-state index in [4.69, 9.17) is 5.11 Å². The fraction of sp³-hybridized carbons (Fsp3) is 0.300. The van der Waals surface area contributed by atoms with Crippen LogP contribution in [0, 0.1) is 13.8 Å². The van der Waals surface area contributed by atoms with E-state index in [0.29, 0.717) is 17.1 Å². The van der Waals surface area contributed by atoms with Crippen molar-refractivity contribution in [1.29, 1.82) is 0 Å². The lowest BCUT2D eigenvalue weighted by molar-refractivity contribution is 0.0690. The third-order valence-electron chi connectivity index (χ3n) is 2.45. The molecule has 6 heteroatoms. The number of nitrogens with zero attached hydrogens (tertiary/aromatic N) is 3. The maximum absolute atomic E-state index is 10.9. The highest BCUT2D eigenvalue weighted by atomic mass is 16.4. The highest BCUT2D eigenvalue weighted by Crippen LogP contribution is 2.18.